The second kappa shape index (κ2) is 10.9. The van der Waals surface area contributed by atoms with Crippen molar-refractivity contribution >= 4 is 18.1 Å². The molecular weight excluding hydrogens is 380 g/mol. The molecule has 1 heterocycles. The second-order valence-electron chi connectivity index (χ2n) is 10.0. The molecule has 3 rings (SSSR count). The van der Waals surface area contributed by atoms with Gasteiger partial charge in [-0.15, -0.1) is 12.4 Å². The number of piperazine rings is 1. The SMILES string of the molecule is CCCCN1CCN(c2cc(OC)ccc2C2CCC(C(C)(C)C)CC2)CC1.Cl. The number of hydrogen-bond donors (Lipinski definition) is 0. The van der Waals surface area contributed by atoms with Gasteiger partial charge in [-0.3, -0.25) is 4.90 Å². The van der Waals surface area contributed by atoms with E-state index in [-0.39, 0.29) is 12.4 Å². The maximum Gasteiger partial charge on any atom is 0.120 e. The molecule has 4 heteroatoms. The summed E-state index contributed by atoms with van der Waals surface area (Å²) >= 11 is 0. The Hall–Kier alpha value is -0.930. The highest BCUT2D eigenvalue weighted by atomic mass is 35.5. The summed E-state index contributed by atoms with van der Waals surface area (Å²) in [6.07, 6.45) is 8.00. The van der Waals surface area contributed by atoms with Crippen molar-refractivity contribution in [2.45, 2.75) is 72.1 Å². The molecule has 1 saturated carbocycles. The number of methoxy groups -OCH3 is 1. The van der Waals surface area contributed by atoms with Crippen molar-refractivity contribution < 1.29 is 4.74 Å². The first-order valence-corrected chi connectivity index (χ1v) is 11.6. The molecule has 1 aliphatic heterocycles. The summed E-state index contributed by atoms with van der Waals surface area (Å²) in [6, 6.07) is 6.83. The standard InChI is InChI=1S/C25H42N2O.ClH/c1-6-7-14-26-15-17-27(18-16-26)24-19-22(28-5)12-13-23(24)20-8-10-21(11-9-20)25(2,3)4;/h12-13,19-21H,6-11,14-18H2,1-5H3;1H. The average Bonchev–Trinajstić information content (AvgIpc) is 2.71. The van der Waals surface area contributed by atoms with Crippen molar-refractivity contribution in [3.63, 3.8) is 0 Å². The van der Waals surface area contributed by atoms with Crippen molar-refractivity contribution in [2.24, 2.45) is 11.3 Å². The Morgan fingerprint density at radius 1 is 1.00 bits per heavy atom. The minimum atomic E-state index is 0. The lowest BCUT2D eigenvalue weighted by molar-refractivity contribution is 0.169. The number of benzene rings is 1. The van der Waals surface area contributed by atoms with Crippen LogP contribution in [0, 0.1) is 11.3 Å². The maximum absolute atomic E-state index is 5.59. The van der Waals surface area contributed by atoms with Gasteiger partial charge in [-0.2, -0.15) is 0 Å². The van der Waals surface area contributed by atoms with E-state index >= 15 is 0 Å². The number of anilines is 1. The smallest absolute Gasteiger partial charge is 0.120 e. The maximum atomic E-state index is 5.59. The molecule has 2 fully saturated rings. The second-order valence-corrected chi connectivity index (χ2v) is 10.0. The van der Waals surface area contributed by atoms with E-state index in [0.29, 0.717) is 11.3 Å². The molecule has 0 radical (unpaired) electrons. The molecule has 0 atom stereocenters. The molecule has 0 bridgehead atoms. The van der Waals surface area contributed by atoms with E-state index in [4.69, 9.17) is 4.74 Å². The Kier molecular flexibility index (Phi) is 9.15. The lowest BCUT2D eigenvalue weighted by Crippen LogP contribution is -2.47. The predicted octanol–water partition coefficient (Wildman–Crippen LogP) is 6.36. The minimum absolute atomic E-state index is 0. The van der Waals surface area contributed by atoms with Gasteiger partial charge in [0.15, 0.2) is 0 Å². The molecule has 1 saturated heterocycles. The van der Waals surface area contributed by atoms with E-state index in [9.17, 15) is 0 Å². The summed E-state index contributed by atoms with van der Waals surface area (Å²) in [5.41, 5.74) is 3.45. The largest absolute Gasteiger partial charge is 0.497 e. The summed E-state index contributed by atoms with van der Waals surface area (Å²) in [4.78, 5) is 5.25. The Bertz CT molecular complexity index is 612. The van der Waals surface area contributed by atoms with Gasteiger partial charge in [0.05, 0.1) is 7.11 Å². The molecule has 0 unspecified atom stereocenters. The van der Waals surface area contributed by atoms with Crippen molar-refractivity contribution in [3.05, 3.63) is 23.8 Å². The van der Waals surface area contributed by atoms with E-state index < -0.39 is 0 Å². The number of halogens is 1. The molecule has 166 valence electrons. The van der Waals surface area contributed by atoms with Crippen LogP contribution in [-0.4, -0.2) is 44.7 Å². The van der Waals surface area contributed by atoms with Gasteiger partial charge in [0.25, 0.3) is 0 Å². The number of ether oxygens (including phenoxy) is 1. The fourth-order valence-corrected chi connectivity index (χ4v) is 5.13. The first-order chi connectivity index (χ1) is 13.4. The third kappa shape index (κ3) is 6.28. The fraction of sp³-hybridized carbons (Fsp3) is 0.760. The Balaban J connectivity index is 0.00000300. The first kappa shape index (κ1) is 24.3. The quantitative estimate of drug-likeness (QED) is 0.530. The molecule has 0 amide bonds. The van der Waals surface area contributed by atoms with Gasteiger partial charge >= 0.3 is 0 Å². The predicted molar refractivity (Wildman–Crippen MR) is 128 cm³/mol. The van der Waals surface area contributed by atoms with Crippen LogP contribution >= 0.6 is 12.4 Å². The average molecular weight is 423 g/mol. The molecule has 0 N–H and O–H groups in total. The molecule has 3 nitrogen and oxygen atoms in total. The highest BCUT2D eigenvalue weighted by Gasteiger charge is 2.32. The number of nitrogens with zero attached hydrogens (tertiary/aromatic N) is 2. The normalized spacial score (nSPS) is 23.6. The molecule has 1 aromatic carbocycles. The van der Waals surface area contributed by atoms with Crippen LogP contribution < -0.4 is 9.64 Å². The summed E-state index contributed by atoms with van der Waals surface area (Å²) in [5.74, 6) is 2.57. The summed E-state index contributed by atoms with van der Waals surface area (Å²) in [5, 5.41) is 0. The number of rotatable bonds is 6. The minimum Gasteiger partial charge on any atom is -0.497 e. The van der Waals surface area contributed by atoms with E-state index in [1.54, 1.807) is 12.7 Å². The lowest BCUT2D eigenvalue weighted by Gasteiger charge is -2.40. The molecule has 29 heavy (non-hydrogen) atoms. The zero-order valence-corrected chi connectivity index (χ0v) is 20.2. The number of hydrogen-bond acceptors (Lipinski definition) is 3. The van der Waals surface area contributed by atoms with Crippen molar-refractivity contribution in [3.8, 4) is 5.75 Å². The first-order valence-electron chi connectivity index (χ1n) is 11.6. The van der Waals surface area contributed by atoms with Gasteiger partial charge in [0, 0.05) is 37.9 Å². The zero-order valence-electron chi connectivity index (χ0n) is 19.4. The van der Waals surface area contributed by atoms with Gasteiger partial charge < -0.3 is 9.64 Å². The van der Waals surface area contributed by atoms with Crippen LogP contribution in [0.15, 0.2) is 18.2 Å². The molecule has 2 aliphatic rings. The van der Waals surface area contributed by atoms with Crippen LogP contribution in [0.4, 0.5) is 5.69 Å². The Morgan fingerprint density at radius 2 is 1.66 bits per heavy atom. The topological polar surface area (TPSA) is 15.7 Å². The van der Waals surface area contributed by atoms with Gasteiger partial charge in [-0.05, 0) is 67.5 Å². The van der Waals surface area contributed by atoms with Gasteiger partial charge in [0.1, 0.15) is 5.75 Å². The monoisotopic (exact) mass is 422 g/mol. The highest BCUT2D eigenvalue weighted by molar-refractivity contribution is 5.85. The zero-order chi connectivity index (χ0) is 20.1. The summed E-state index contributed by atoms with van der Waals surface area (Å²) in [7, 11) is 1.79. The van der Waals surface area contributed by atoms with Crippen molar-refractivity contribution in [1.29, 1.82) is 0 Å². The van der Waals surface area contributed by atoms with Gasteiger partial charge in [-0.25, -0.2) is 0 Å². The molecule has 0 aromatic heterocycles. The van der Waals surface area contributed by atoms with E-state index in [2.05, 4.69) is 55.7 Å². The molecule has 0 spiro atoms. The van der Waals surface area contributed by atoms with Crippen LogP contribution in [0.2, 0.25) is 0 Å². The van der Waals surface area contributed by atoms with Crippen LogP contribution in [0.1, 0.15) is 77.7 Å². The van der Waals surface area contributed by atoms with Crippen molar-refractivity contribution in [2.75, 3.05) is 44.7 Å². The lowest BCUT2D eigenvalue weighted by atomic mass is 9.68. The van der Waals surface area contributed by atoms with E-state index in [1.165, 1.54) is 63.8 Å². The number of unbranched alkanes of at least 4 members (excludes halogenated alkanes) is 1. The highest BCUT2D eigenvalue weighted by Crippen LogP contribution is 2.45. The van der Waals surface area contributed by atoms with Crippen molar-refractivity contribution in [1.82, 2.24) is 4.90 Å². The van der Waals surface area contributed by atoms with Crippen LogP contribution in [-0.2, 0) is 0 Å². The summed E-state index contributed by atoms with van der Waals surface area (Å²) < 4.78 is 5.59. The Labute approximate surface area is 185 Å². The van der Waals surface area contributed by atoms with Gasteiger partial charge in [0.2, 0.25) is 0 Å². The third-order valence-corrected chi connectivity index (χ3v) is 7.17. The fourth-order valence-electron chi connectivity index (χ4n) is 5.13. The molecular formula is C25H43ClN2O. The third-order valence-electron chi connectivity index (χ3n) is 7.17. The van der Waals surface area contributed by atoms with E-state index in [1.807, 2.05) is 0 Å². The molecule has 1 aromatic rings. The van der Waals surface area contributed by atoms with Gasteiger partial charge in [-0.1, -0.05) is 40.2 Å². The van der Waals surface area contributed by atoms with E-state index in [0.717, 1.165) is 24.8 Å². The Morgan fingerprint density at radius 3 is 2.21 bits per heavy atom. The summed E-state index contributed by atoms with van der Waals surface area (Å²) in [6.45, 7) is 15.4. The van der Waals surface area contributed by atoms with Crippen LogP contribution in [0.5, 0.6) is 5.75 Å². The van der Waals surface area contributed by atoms with Crippen LogP contribution in [0.3, 0.4) is 0 Å². The van der Waals surface area contributed by atoms with Crippen LogP contribution in [0.25, 0.3) is 0 Å². The molecule has 1 aliphatic carbocycles.